The van der Waals surface area contributed by atoms with Gasteiger partial charge in [0.15, 0.2) is 0 Å². The minimum atomic E-state index is 0.0838. The number of para-hydroxylation sites is 1. The number of rotatable bonds is 2. The first-order valence-corrected chi connectivity index (χ1v) is 6.94. The lowest BCUT2D eigenvalue weighted by Crippen LogP contribution is -2.10. The van der Waals surface area contributed by atoms with Gasteiger partial charge < -0.3 is 10.3 Å². The fourth-order valence-corrected chi connectivity index (χ4v) is 2.77. The molecule has 0 aliphatic rings. The van der Waals surface area contributed by atoms with E-state index in [-0.39, 0.29) is 6.04 Å². The van der Waals surface area contributed by atoms with Crippen LogP contribution in [0.15, 0.2) is 42.5 Å². The van der Waals surface area contributed by atoms with Crippen LogP contribution in [0.4, 0.5) is 5.95 Å². The van der Waals surface area contributed by atoms with Crippen molar-refractivity contribution in [3.8, 4) is 0 Å². The minimum absolute atomic E-state index is 0.0838. The predicted octanol–water partition coefficient (Wildman–Crippen LogP) is 4.19. The van der Waals surface area contributed by atoms with Crippen LogP contribution in [0.2, 0.25) is 5.02 Å². The van der Waals surface area contributed by atoms with E-state index in [1.165, 1.54) is 11.1 Å². The second-order valence-electron chi connectivity index (χ2n) is 5.03. The minimum Gasteiger partial charge on any atom is -0.369 e. The number of nitrogen functional groups attached to an aromatic ring is 1. The van der Waals surface area contributed by atoms with Crippen molar-refractivity contribution < 1.29 is 0 Å². The monoisotopic (exact) mass is 285 g/mol. The van der Waals surface area contributed by atoms with E-state index in [1.807, 2.05) is 22.8 Å². The molecule has 0 saturated heterocycles. The predicted molar refractivity (Wildman–Crippen MR) is 84.1 cm³/mol. The van der Waals surface area contributed by atoms with Crippen LogP contribution in [-0.2, 0) is 0 Å². The third kappa shape index (κ3) is 2.04. The van der Waals surface area contributed by atoms with E-state index < -0.39 is 0 Å². The smallest absolute Gasteiger partial charge is 0.201 e. The summed E-state index contributed by atoms with van der Waals surface area (Å²) in [5.41, 5.74) is 10.2. The molecule has 1 unspecified atom stereocenters. The highest BCUT2D eigenvalue weighted by Gasteiger charge is 2.17. The maximum Gasteiger partial charge on any atom is 0.201 e. The van der Waals surface area contributed by atoms with Gasteiger partial charge in [-0.2, -0.15) is 0 Å². The first-order chi connectivity index (χ1) is 9.58. The highest BCUT2D eigenvalue weighted by atomic mass is 35.5. The molecule has 1 aromatic heterocycles. The van der Waals surface area contributed by atoms with E-state index in [0.29, 0.717) is 11.0 Å². The Balaban J connectivity index is 2.18. The molecule has 3 nitrogen and oxygen atoms in total. The average Bonchev–Trinajstić information content (AvgIpc) is 2.76. The lowest BCUT2D eigenvalue weighted by atomic mass is 10.1. The normalized spacial score (nSPS) is 12.8. The van der Waals surface area contributed by atoms with Crippen LogP contribution < -0.4 is 5.73 Å². The van der Waals surface area contributed by atoms with Crippen molar-refractivity contribution in [3.63, 3.8) is 0 Å². The molecule has 0 amide bonds. The van der Waals surface area contributed by atoms with Crippen molar-refractivity contribution in [2.24, 2.45) is 0 Å². The van der Waals surface area contributed by atoms with Crippen molar-refractivity contribution in [1.82, 2.24) is 9.55 Å². The number of nitrogens with zero attached hydrogens (tertiary/aromatic N) is 2. The molecular formula is C16H16ClN3. The van der Waals surface area contributed by atoms with Crippen molar-refractivity contribution in [3.05, 3.63) is 58.6 Å². The summed E-state index contributed by atoms with van der Waals surface area (Å²) in [4.78, 5) is 4.39. The Hall–Kier alpha value is -2.00. The molecule has 0 fully saturated rings. The Morgan fingerprint density at radius 2 is 1.85 bits per heavy atom. The van der Waals surface area contributed by atoms with E-state index in [1.54, 1.807) is 0 Å². The van der Waals surface area contributed by atoms with Crippen molar-refractivity contribution in [2.75, 3.05) is 5.73 Å². The summed E-state index contributed by atoms with van der Waals surface area (Å²) in [6.07, 6.45) is 0. The molecule has 0 aliphatic heterocycles. The molecule has 1 heterocycles. The highest BCUT2D eigenvalue weighted by molar-refractivity contribution is 6.35. The van der Waals surface area contributed by atoms with Crippen molar-refractivity contribution >= 4 is 28.6 Å². The Morgan fingerprint density at radius 1 is 1.15 bits per heavy atom. The van der Waals surface area contributed by atoms with Gasteiger partial charge in [0.25, 0.3) is 0 Å². The summed E-state index contributed by atoms with van der Waals surface area (Å²) in [5.74, 6) is 0.487. The van der Waals surface area contributed by atoms with Gasteiger partial charge in [-0.3, -0.25) is 0 Å². The average molecular weight is 286 g/mol. The number of hydrogen-bond donors (Lipinski definition) is 1. The van der Waals surface area contributed by atoms with Crippen molar-refractivity contribution in [2.45, 2.75) is 19.9 Å². The molecule has 1 atom stereocenters. The van der Waals surface area contributed by atoms with E-state index in [2.05, 4.69) is 43.1 Å². The Morgan fingerprint density at radius 3 is 2.55 bits per heavy atom. The van der Waals surface area contributed by atoms with Gasteiger partial charge in [0.05, 0.1) is 22.1 Å². The van der Waals surface area contributed by atoms with Gasteiger partial charge in [0, 0.05) is 0 Å². The standard InChI is InChI=1S/C16H16ClN3/c1-10-6-8-12(9-7-10)11(2)20-15-13(17)4-3-5-14(15)19-16(20)18/h3-9,11H,1-2H3,(H2,18,19). The van der Waals surface area contributed by atoms with Crippen LogP contribution in [-0.4, -0.2) is 9.55 Å². The highest BCUT2D eigenvalue weighted by Crippen LogP contribution is 2.31. The number of benzene rings is 2. The van der Waals surface area contributed by atoms with Gasteiger partial charge >= 0.3 is 0 Å². The molecule has 3 rings (SSSR count). The van der Waals surface area contributed by atoms with Crippen LogP contribution in [0.1, 0.15) is 24.1 Å². The summed E-state index contributed by atoms with van der Waals surface area (Å²) in [7, 11) is 0. The zero-order valence-electron chi connectivity index (χ0n) is 11.5. The second-order valence-corrected chi connectivity index (χ2v) is 5.44. The zero-order chi connectivity index (χ0) is 14.3. The number of imidazole rings is 1. The SMILES string of the molecule is Cc1ccc(C(C)n2c(N)nc3cccc(Cl)c32)cc1. The Kier molecular flexibility index (Phi) is 3.14. The van der Waals surface area contributed by atoms with E-state index in [0.717, 1.165) is 11.0 Å². The molecule has 0 bridgehead atoms. The number of fused-ring (bicyclic) bond motifs is 1. The van der Waals surface area contributed by atoms with Gasteiger partial charge in [-0.05, 0) is 31.5 Å². The first kappa shape index (κ1) is 13.0. The lowest BCUT2D eigenvalue weighted by molar-refractivity contribution is 0.667. The molecule has 20 heavy (non-hydrogen) atoms. The van der Waals surface area contributed by atoms with Gasteiger partial charge in [-0.15, -0.1) is 0 Å². The number of halogens is 1. The lowest BCUT2D eigenvalue weighted by Gasteiger charge is -2.17. The van der Waals surface area contributed by atoms with E-state index in [4.69, 9.17) is 17.3 Å². The topological polar surface area (TPSA) is 43.8 Å². The van der Waals surface area contributed by atoms with Crippen LogP contribution in [0.3, 0.4) is 0 Å². The van der Waals surface area contributed by atoms with Gasteiger partial charge in [0.1, 0.15) is 0 Å². The number of hydrogen-bond acceptors (Lipinski definition) is 2. The largest absolute Gasteiger partial charge is 0.369 e. The zero-order valence-corrected chi connectivity index (χ0v) is 12.2. The van der Waals surface area contributed by atoms with Crippen LogP contribution in [0, 0.1) is 6.92 Å². The van der Waals surface area contributed by atoms with Crippen LogP contribution in [0.25, 0.3) is 11.0 Å². The Labute approximate surface area is 123 Å². The summed E-state index contributed by atoms with van der Waals surface area (Å²) >= 11 is 6.32. The van der Waals surface area contributed by atoms with Gasteiger partial charge in [-0.25, -0.2) is 4.98 Å². The molecular weight excluding hydrogens is 270 g/mol. The summed E-state index contributed by atoms with van der Waals surface area (Å²) in [5, 5.41) is 0.672. The molecule has 102 valence electrons. The quantitative estimate of drug-likeness (QED) is 0.767. The molecule has 2 N–H and O–H groups in total. The number of nitrogens with two attached hydrogens (primary N) is 1. The third-order valence-corrected chi connectivity index (χ3v) is 3.94. The molecule has 4 heteroatoms. The maximum absolute atomic E-state index is 6.32. The molecule has 0 spiro atoms. The second kappa shape index (κ2) is 4.84. The van der Waals surface area contributed by atoms with E-state index >= 15 is 0 Å². The van der Waals surface area contributed by atoms with Crippen LogP contribution >= 0.6 is 11.6 Å². The molecule has 0 radical (unpaired) electrons. The Bertz CT molecular complexity index is 759. The van der Waals surface area contributed by atoms with Gasteiger partial charge in [0.2, 0.25) is 5.95 Å². The number of anilines is 1. The molecule has 3 aromatic rings. The summed E-state index contributed by atoms with van der Waals surface area (Å²) in [6.45, 7) is 4.18. The summed E-state index contributed by atoms with van der Waals surface area (Å²) < 4.78 is 1.99. The maximum atomic E-state index is 6.32. The van der Waals surface area contributed by atoms with Gasteiger partial charge in [-0.1, -0.05) is 47.5 Å². The van der Waals surface area contributed by atoms with Crippen molar-refractivity contribution in [1.29, 1.82) is 0 Å². The number of aryl methyl sites for hydroxylation is 1. The fraction of sp³-hybridized carbons (Fsp3) is 0.188. The summed E-state index contributed by atoms with van der Waals surface area (Å²) in [6, 6.07) is 14.2. The third-order valence-electron chi connectivity index (χ3n) is 3.64. The number of aromatic nitrogens is 2. The first-order valence-electron chi connectivity index (χ1n) is 6.56. The van der Waals surface area contributed by atoms with Crippen LogP contribution in [0.5, 0.6) is 0 Å². The molecule has 2 aromatic carbocycles. The van der Waals surface area contributed by atoms with E-state index in [9.17, 15) is 0 Å². The molecule has 0 aliphatic carbocycles. The fourth-order valence-electron chi connectivity index (χ4n) is 2.51. The molecule has 0 saturated carbocycles.